The molecule has 6 nitrogen and oxygen atoms in total. The monoisotopic (exact) mass is 581 g/mol. The number of aromatic nitrogens is 1. The van der Waals surface area contributed by atoms with Crippen molar-refractivity contribution in [3.05, 3.63) is 74.7 Å². The van der Waals surface area contributed by atoms with Crippen LogP contribution in [0.5, 0.6) is 0 Å². The number of hydrogen-bond donors (Lipinski definition) is 3. The van der Waals surface area contributed by atoms with Gasteiger partial charge in [-0.15, -0.1) is 11.3 Å². The van der Waals surface area contributed by atoms with Crippen LogP contribution in [-0.2, 0) is 18.1 Å². The van der Waals surface area contributed by atoms with Gasteiger partial charge < -0.3 is 15.5 Å². The number of amides is 2. The summed E-state index contributed by atoms with van der Waals surface area (Å²) in [5, 5.41) is 10.8. The van der Waals surface area contributed by atoms with Crippen LogP contribution in [0.25, 0.3) is 0 Å². The lowest BCUT2D eigenvalue weighted by atomic mass is 9.82. The summed E-state index contributed by atoms with van der Waals surface area (Å²) in [6.45, 7) is 6.36. The second-order valence-corrected chi connectivity index (χ2v) is 10.8. The maximum atomic E-state index is 13.8. The Hall–Kier alpha value is -2.63. The molecule has 0 radical (unpaired) electrons. The highest BCUT2D eigenvalue weighted by Gasteiger charge is 2.35. The molecule has 1 saturated heterocycles. The van der Waals surface area contributed by atoms with Crippen LogP contribution in [0.1, 0.15) is 36.2 Å². The Kier molecular flexibility index (Phi) is 7.91. The molecule has 36 heavy (non-hydrogen) atoms. The van der Waals surface area contributed by atoms with Crippen LogP contribution in [0.15, 0.2) is 52.3 Å². The fraction of sp³-hybridized carbons (Fsp3) is 0.360. The van der Waals surface area contributed by atoms with Crippen LogP contribution in [-0.4, -0.2) is 37.2 Å². The number of rotatable bonds is 6. The minimum Gasteiger partial charge on any atom is -0.368 e. The molecule has 2 heterocycles. The minimum atomic E-state index is -4.49. The quantitative estimate of drug-likeness (QED) is 0.335. The third-order valence-corrected chi connectivity index (χ3v) is 7.49. The molecule has 0 saturated carbocycles. The van der Waals surface area contributed by atoms with E-state index in [1.807, 2.05) is 29.6 Å². The lowest BCUT2D eigenvalue weighted by molar-refractivity contribution is -0.137. The lowest BCUT2D eigenvalue weighted by Crippen LogP contribution is -2.44. The number of anilines is 2. The van der Waals surface area contributed by atoms with Crippen LogP contribution in [0.4, 0.5) is 28.8 Å². The number of halogens is 4. The molecule has 4 rings (SSSR count). The van der Waals surface area contributed by atoms with Crippen molar-refractivity contribution in [3.63, 3.8) is 0 Å². The summed E-state index contributed by atoms with van der Waals surface area (Å²) in [4.78, 5) is 18.7. The van der Waals surface area contributed by atoms with Gasteiger partial charge in [0.25, 0.3) is 0 Å². The molecule has 192 valence electrons. The van der Waals surface area contributed by atoms with E-state index in [1.165, 1.54) is 17.4 Å². The first kappa shape index (κ1) is 26.4. The van der Waals surface area contributed by atoms with Gasteiger partial charge in [-0.3, -0.25) is 5.32 Å². The summed E-state index contributed by atoms with van der Waals surface area (Å²) >= 11 is 4.73. The average molecular weight is 582 g/mol. The van der Waals surface area contributed by atoms with E-state index in [0.717, 1.165) is 21.8 Å². The van der Waals surface area contributed by atoms with Crippen molar-refractivity contribution in [3.8, 4) is 0 Å². The number of urea groups is 1. The van der Waals surface area contributed by atoms with Crippen molar-refractivity contribution < 1.29 is 18.0 Å². The van der Waals surface area contributed by atoms with Crippen molar-refractivity contribution in [1.29, 1.82) is 0 Å². The third kappa shape index (κ3) is 6.19. The molecule has 2 aromatic carbocycles. The highest BCUT2D eigenvalue weighted by atomic mass is 79.9. The average Bonchev–Trinajstić information content (AvgIpc) is 3.32. The van der Waals surface area contributed by atoms with Gasteiger partial charge in [0.05, 0.1) is 11.3 Å². The number of benzene rings is 2. The predicted molar refractivity (Wildman–Crippen MR) is 141 cm³/mol. The summed E-state index contributed by atoms with van der Waals surface area (Å²) in [6, 6.07) is 11.7. The number of alkyl halides is 3. The largest absolute Gasteiger partial charge is 0.418 e. The standard InChI is InChI=1S/C25H27BrF3N5OS/c1-24(2,17-4-6-18(26)7-5-17)21-15-36-23(32-21)33-22(35)31-14-16-3-8-20(19(13-16)25(27,28)29)34-11-9-30-10-12-34/h3-8,13,15,30H,9-12,14H2,1-2H3,(H2,31,32,33,35). The van der Waals surface area contributed by atoms with E-state index >= 15 is 0 Å². The maximum Gasteiger partial charge on any atom is 0.418 e. The number of carbonyl (C=O) groups excluding carboxylic acids is 1. The van der Waals surface area contributed by atoms with E-state index in [-0.39, 0.29) is 17.6 Å². The van der Waals surface area contributed by atoms with Crippen molar-refractivity contribution in [1.82, 2.24) is 15.6 Å². The summed E-state index contributed by atoms with van der Waals surface area (Å²) in [6.07, 6.45) is -4.49. The van der Waals surface area contributed by atoms with Gasteiger partial charge in [0.2, 0.25) is 0 Å². The van der Waals surface area contributed by atoms with Crippen molar-refractivity contribution in [2.45, 2.75) is 32.0 Å². The van der Waals surface area contributed by atoms with E-state index in [4.69, 9.17) is 0 Å². The van der Waals surface area contributed by atoms with E-state index in [0.29, 0.717) is 36.9 Å². The number of hydrogen-bond acceptors (Lipinski definition) is 5. The highest BCUT2D eigenvalue weighted by molar-refractivity contribution is 9.10. The normalized spacial score (nSPS) is 14.6. The fourth-order valence-corrected chi connectivity index (χ4v) is 5.20. The number of thiazole rings is 1. The molecule has 1 fully saturated rings. The first-order chi connectivity index (χ1) is 17.0. The topological polar surface area (TPSA) is 69.3 Å². The van der Waals surface area contributed by atoms with Crippen LogP contribution >= 0.6 is 27.3 Å². The maximum absolute atomic E-state index is 13.8. The predicted octanol–water partition coefficient (Wildman–Crippen LogP) is 5.98. The zero-order valence-corrected chi connectivity index (χ0v) is 22.3. The molecule has 0 aliphatic carbocycles. The zero-order chi connectivity index (χ0) is 25.9. The van der Waals surface area contributed by atoms with Crippen molar-refractivity contribution in [2.24, 2.45) is 0 Å². The van der Waals surface area contributed by atoms with Gasteiger partial charge >= 0.3 is 12.2 Å². The summed E-state index contributed by atoms with van der Waals surface area (Å²) in [5.74, 6) is 0. The molecular weight excluding hydrogens is 555 g/mol. The smallest absolute Gasteiger partial charge is 0.368 e. The van der Waals surface area contributed by atoms with E-state index in [1.54, 1.807) is 11.0 Å². The Balaban J connectivity index is 1.40. The fourth-order valence-electron chi connectivity index (χ4n) is 4.06. The minimum absolute atomic E-state index is 0.0423. The summed E-state index contributed by atoms with van der Waals surface area (Å²) in [7, 11) is 0. The number of carbonyl (C=O) groups is 1. The number of piperazine rings is 1. The molecule has 1 aromatic heterocycles. The van der Waals surface area contributed by atoms with Crippen molar-refractivity contribution >= 4 is 44.1 Å². The van der Waals surface area contributed by atoms with E-state index in [9.17, 15) is 18.0 Å². The Morgan fingerprint density at radius 1 is 1.14 bits per heavy atom. The first-order valence-corrected chi connectivity index (χ1v) is 13.1. The molecule has 0 atom stereocenters. The molecule has 1 aliphatic rings. The van der Waals surface area contributed by atoms with E-state index in [2.05, 4.69) is 50.7 Å². The first-order valence-electron chi connectivity index (χ1n) is 11.5. The Labute approximate surface area is 220 Å². The molecular formula is C25H27BrF3N5OS. The Bertz CT molecular complexity index is 1210. The van der Waals surface area contributed by atoms with Gasteiger partial charge in [-0.1, -0.05) is 48.0 Å². The molecule has 1 aliphatic heterocycles. The van der Waals surface area contributed by atoms with E-state index < -0.39 is 17.8 Å². The molecule has 0 spiro atoms. The Morgan fingerprint density at radius 2 is 1.83 bits per heavy atom. The second kappa shape index (κ2) is 10.8. The third-order valence-electron chi connectivity index (χ3n) is 6.21. The van der Waals surface area contributed by atoms with Gasteiger partial charge in [0.15, 0.2) is 5.13 Å². The van der Waals surface area contributed by atoms with Crippen LogP contribution in [0.3, 0.4) is 0 Å². The number of nitrogens with one attached hydrogen (secondary N) is 3. The zero-order valence-electron chi connectivity index (χ0n) is 19.9. The van der Waals surface area contributed by atoms with Gasteiger partial charge in [-0.2, -0.15) is 13.2 Å². The van der Waals surface area contributed by atoms with Gasteiger partial charge in [0, 0.05) is 53.7 Å². The molecule has 0 bridgehead atoms. The summed E-state index contributed by atoms with van der Waals surface area (Å²) in [5.41, 5.74) is 1.37. The molecule has 0 unspecified atom stereocenters. The van der Waals surface area contributed by atoms with Crippen molar-refractivity contribution in [2.75, 3.05) is 36.4 Å². The second-order valence-electron chi connectivity index (χ2n) is 9.06. The highest BCUT2D eigenvalue weighted by Crippen LogP contribution is 2.37. The van der Waals surface area contributed by atoms with Crippen LogP contribution in [0.2, 0.25) is 0 Å². The SMILES string of the molecule is CC(C)(c1ccc(Br)cc1)c1csc(NC(=O)NCc2ccc(N3CCNCC3)c(C(F)(F)F)c2)n1. The molecule has 3 N–H and O–H groups in total. The summed E-state index contributed by atoms with van der Waals surface area (Å²) < 4.78 is 42.3. The van der Waals surface area contributed by atoms with Gasteiger partial charge in [-0.25, -0.2) is 9.78 Å². The molecule has 11 heteroatoms. The van der Waals surface area contributed by atoms with Gasteiger partial charge in [-0.05, 0) is 35.4 Å². The molecule has 2 amide bonds. The van der Waals surface area contributed by atoms with Gasteiger partial charge in [0.1, 0.15) is 0 Å². The molecule has 3 aromatic rings. The van der Waals surface area contributed by atoms with Crippen LogP contribution in [0, 0.1) is 0 Å². The van der Waals surface area contributed by atoms with Crippen LogP contribution < -0.4 is 20.9 Å². The lowest BCUT2D eigenvalue weighted by Gasteiger charge is -2.31. The Morgan fingerprint density at radius 3 is 2.50 bits per heavy atom. The number of nitrogens with zero attached hydrogens (tertiary/aromatic N) is 2.